The number of ether oxygens (including phenoxy) is 1. The van der Waals surface area contributed by atoms with E-state index in [1.165, 1.54) is 7.11 Å². The number of halogens is 1. The zero-order valence-electron chi connectivity index (χ0n) is 15.0. The van der Waals surface area contributed by atoms with Gasteiger partial charge in [0.1, 0.15) is 0 Å². The average molecular weight is 486 g/mol. The lowest BCUT2D eigenvalue weighted by atomic mass is 9.99. The highest BCUT2D eigenvalue weighted by atomic mass is 127. The van der Waals surface area contributed by atoms with Gasteiger partial charge in [-0.15, -0.1) is 0 Å². The Labute approximate surface area is 175 Å². The molecule has 2 heterocycles. The zero-order chi connectivity index (χ0) is 19.7. The molecular weight excluding hydrogens is 471 g/mol. The molecule has 0 aliphatic carbocycles. The third-order valence-electron chi connectivity index (χ3n) is 4.69. The molecule has 3 aromatic rings. The highest BCUT2D eigenvalue weighted by Crippen LogP contribution is 2.38. The van der Waals surface area contributed by atoms with Crippen molar-refractivity contribution in [3.63, 3.8) is 0 Å². The van der Waals surface area contributed by atoms with Crippen molar-refractivity contribution >= 4 is 51.5 Å². The van der Waals surface area contributed by atoms with Crippen molar-refractivity contribution < 1.29 is 12.6 Å². The van der Waals surface area contributed by atoms with Gasteiger partial charge in [-0.3, -0.25) is 0 Å². The van der Waals surface area contributed by atoms with Crippen LogP contribution >= 0.6 is 23.0 Å². The Kier molecular flexibility index (Phi) is 5.00. The summed E-state index contributed by atoms with van der Waals surface area (Å²) in [4.78, 5) is 23.2. The Morgan fingerprint density at radius 2 is 2.07 bits per heavy atom. The first-order valence-electron chi connectivity index (χ1n) is 8.64. The summed E-state index contributed by atoms with van der Waals surface area (Å²) in [5, 5.41) is 9.17. The van der Waals surface area contributed by atoms with Gasteiger partial charge >= 0.3 is 5.97 Å². The molecule has 0 bridgehead atoms. The van der Waals surface area contributed by atoms with Gasteiger partial charge in [0, 0.05) is 12.2 Å². The fourth-order valence-corrected chi connectivity index (χ4v) is 3.68. The minimum absolute atomic E-state index is 0.399. The van der Waals surface area contributed by atoms with Gasteiger partial charge in [-0.05, 0) is 54.8 Å². The van der Waals surface area contributed by atoms with E-state index in [-0.39, 0.29) is 0 Å². The lowest BCUT2D eigenvalue weighted by Crippen LogP contribution is -2.26. The van der Waals surface area contributed by atoms with Crippen LogP contribution in [-0.2, 0) is 11.2 Å². The van der Waals surface area contributed by atoms with Crippen molar-refractivity contribution in [2.24, 2.45) is 0 Å². The maximum atomic E-state index is 11.9. The monoisotopic (exact) mass is 486 g/mol. The molecule has 140 valence electrons. The van der Waals surface area contributed by atoms with E-state index in [2.05, 4.69) is 11.1 Å². The van der Waals surface area contributed by atoms with Gasteiger partial charge in [0.2, 0.25) is 0 Å². The smallest absolute Gasteiger partial charge is 0.337 e. The van der Waals surface area contributed by atoms with Crippen molar-refractivity contribution in [3.8, 4) is 11.9 Å². The number of nitrogens with zero attached hydrogens (tertiary/aromatic N) is 4. The van der Waals surface area contributed by atoms with Crippen LogP contribution in [0.15, 0.2) is 36.4 Å². The number of methoxy groups -OCH3 is 1. The van der Waals surface area contributed by atoms with Gasteiger partial charge in [-0.1, -0.05) is 0 Å². The normalized spacial score (nSPS) is 13.0. The van der Waals surface area contributed by atoms with E-state index in [0.717, 1.165) is 30.6 Å². The molecule has 1 aliphatic rings. The highest BCUT2D eigenvalue weighted by Gasteiger charge is 2.24. The molecule has 0 spiro atoms. The highest BCUT2D eigenvalue weighted by molar-refractivity contribution is 14.1. The summed E-state index contributed by atoms with van der Waals surface area (Å²) < 4.78 is 10.3. The minimum Gasteiger partial charge on any atom is -0.465 e. The number of nitriles is 1. The van der Waals surface area contributed by atoms with Gasteiger partial charge in [0.25, 0.3) is 5.88 Å². The summed E-state index contributed by atoms with van der Waals surface area (Å²) in [5.41, 5.74) is 4.33. The van der Waals surface area contributed by atoms with Crippen LogP contribution in [0.4, 0.5) is 11.5 Å². The number of esters is 1. The zero-order valence-corrected chi connectivity index (χ0v) is 17.1. The number of benzene rings is 2. The van der Waals surface area contributed by atoms with Crippen molar-refractivity contribution in [1.29, 1.82) is 5.26 Å². The fraction of sp³-hybridized carbons (Fsp3) is 0.200. The van der Waals surface area contributed by atoms with E-state index in [1.807, 2.05) is 17.0 Å². The molecule has 8 heteroatoms. The van der Waals surface area contributed by atoms with Crippen LogP contribution in [0.5, 0.6) is 5.88 Å². The maximum Gasteiger partial charge on any atom is 0.337 e. The molecule has 7 nitrogen and oxygen atoms in total. The van der Waals surface area contributed by atoms with Crippen LogP contribution in [0.25, 0.3) is 11.0 Å². The molecule has 0 saturated carbocycles. The first-order valence-corrected chi connectivity index (χ1v) is 9.52. The lowest BCUT2D eigenvalue weighted by molar-refractivity contribution is 0.0601. The number of hydrogen-bond acceptors (Lipinski definition) is 7. The lowest BCUT2D eigenvalue weighted by Gasteiger charge is -2.31. The van der Waals surface area contributed by atoms with Gasteiger partial charge in [-0.2, -0.15) is 5.26 Å². The Bertz CT molecular complexity index is 1130. The van der Waals surface area contributed by atoms with Gasteiger partial charge in [-0.25, -0.2) is 14.8 Å². The van der Waals surface area contributed by atoms with Crippen molar-refractivity contribution in [2.45, 2.75) is 12.8 Å². The van der Waals surface area contributed by atoms with Crippen LogP contribution < -0.4 is 7.97 Å². The second-order valence-electron chi connectivity index (χ2n) is 6.34. The van der Waals surface area contributed by atoms with E-state index in [9.17, 15) is 4.79 Å². The van der Waals surface area contributed by atoms with Crippen LogP contribution in [0.3, 0.4) is 0 Å². The molecule has 28 heavy (non-hydrogen) atoms. The predicted molar refractivity (Wildman–Crippen MR) is 112 cm³/mol. The molecule has 0 amide bonds. The number of rotatable bonds is 3. The average Bonchev–Trinajstić information content (AvgIpc) is 2.76. The van der Waals surface area contributed by atoms with Crippen molar-refractivity contribution in [3.05, 3.63) is 53.1 Å². The van der Waals surface area contributed by atoms with Gasteiger partial charge in [0.05, 0.1) is 35.3 Å². The first kappa shape index (κ1) is 18.4. The van der Waals surface area contributed by atoms with Crippen LogP contribution in [0.2, 0.25) is 0 Å². The van der Waals surface area contributed by atoms with E-state index in [4.69, 9.17) is 18.0 Å². The molecule has 0 N–H and O–H groups in total. The number of aromatic nitrogens is 2. The predicted octanol–water partition coefficient (Wildman–Crippen LogP) is 4.10. The van der Waals surface area contributed by atoms with Crippen molar-refractivity contribution in [2.75, 3.05) is 18.6 Å². The Morgan fingerprint density at radius 3 is 2.82 bits per heavy atom. The van der Waals surface area contributed by atoms with E-state index in [1.54, 1.807) is 47.3 Å². The summed E-state index contributed by atoms with van der Waals surface area (Å²) in [6, 6.07) is 12.9. The number of fused-ring (bicyclic) bond motifs is 2. The molecule has 1 aromatic heterocycles. The molecule has 0 unspecified atom stereocenters. The Balaban J connectivity index is 1.86. The van der Waals surface area contributed by atoms with Crippen LogP contribution in [0, 0.1) is 11.3 Å². The SMILES string of the molecule is COC(=O)c1ccc2nc(OI)c(N3CCCc4cc(C#N)ccc43)nc2c1. The quantitative estimate of drug-likeness (QED) is 0.407. The van der Waals surface area contributed by atoms with Crippen LogP contribution in [0.1, 0.15) is 27.9 Å². The van der Waals surface area contributed by atoms with Crippen LogP contribution in [-0.4, -0.2) is 29.6 Å². The Hall–Kier alpha value is -2.93. The second kappa shape index (κ2) is 7.59. The summed E-state index contributed by atoms with van der Waals surface area (Å²) in [5.74, 6) is 0.553. The minimum atomic E-state index is -0.424. The molecule has 0 saturated heterocycles. The fourth-order valence-electron chi connectivity index (χ4n) is 3.39. The third kappa shape index (κ3) is 3.22. The van der Waals surface area contributed by atoms with Gasteiger partial charge in [0.15, 0.2) is 28.8 Å². The summed E-state index contributed by atoms with van der Waals surface area (Å²) in [7, 11) is 1.34. The van der Waals surface area contributed by atoms with E-state index < -0.39 is 5.97 Å². The summed E-state index contributed by atoms with van der Waals surface area (Å²) >= 11 is 1.80. The number of hydrogen-bond donors (Lipinski definition) is 0. The summed E-state index contributed by atoms with van der Waals surface area (Å²) in [6.07, 6.45) is 1.82. The molecule has 0 atom stereocenters. The maximum absolute atomic E-state index is 11.9. The second-order valence-corrected chi connectivity index (χ2v) is 6.78. The number of aryl methyl sites for hydroxylation is 1. The largest absolute Gasteiger partial charge is 0.465 e. The molecule has 1 aliphatic heterocycles. The molecule has 0 fully saturated rings. The molecule has 4 rings (SSSR count). The number of carbonyl (C=O) groups is 1. The van der Waals surface area contributed by atoms with E-state index >= 15 is 0 Å². The molecule has 0 radical (unpaired) electrons. The third-order valence-corrected chi connectivity index (χ3v) is 5.11. The van der Waals surface area contributed by atoms with E-state index in [0.29, 0.717) is 33.9 Å². The summed E-state index contributed by atoms with van der Waals surface area (Å²) in [6.45, 7) is 0.753. The Morgan fingerprint density at radius 1 is 1.21 bits per heavy atom. The number of anilines is 2. The van der Waals surface area contributed by atoms with Gasteiger partial charge < -0.3 is 12.7 Å². The molecule has 2 aromatic carbocycles. The topological polar surface area (TPSA) is 88.3 Å². The first-order chi connectivity index (χ1) is 13.6. The standard InChI is InChI=1S/C20H15IN4O3/c1-27-20(26)14-5-6-15-16(10-14)23-18(19(24-15)28-21)25-8-2-3-13-9-12(11-22)4-7-17(13)25/h4-7,9-10H,2-3,8H2,1H3. The van der Waals surface area contributed by atoms with Crippen molar-refractivity contribution in [1.82, 2.24) is 9.97 Å². The molecular formula is C20H15IN4O3. The number of carbonyl (C=O) groups excluding carboxylic acids is 1.